The SMILES string of the molecule is O=C(NCCCN1CCCC1)C1=CC2=NC(=O)/C(=C\c3cccc(Cl)c3)OC2C=C1. The number of hydrogen-bond acceptors (Lipinski definition) is 4. The summed E-state index contributed by atoms with van der Waals surface area (Å²) in [5.41, 5.74) is 1.67. The van der Waals surface area contributed by atoms with Gasteiger partial charge in [-0.3, -0.25) is 9.59 Å². The van der Waals surface area contributed by atoms with Crippen LogP contribution in [0, 0.1) is 0 Å². The van der Waals surface area contributed by atoms with E-state index in [1.54, 1.807) is 42.5 Å². The number of fused-ring (bicyclic) bond motifs is 1. The first-order valence-corrected chi connectivity index (χ1v) is 10.6. The van der Waals surface area contributed by atoms with E-state index in [0.29, 0.717) is 22.9 Å². The predicted octanol–water partition coefficient (Wildman–Crippen LogP) is 3.15. The fourth-order valence-electron chi connectivity index (χ4n) is 3.73. The van der Waals surface area contributed by atoms with Gasteiger partial charge in [-0.1, -0.05) is 23.7 Å². The molecule has 1 aromatic rings. The number of likely N-dealkylation sites (tertiary alicyclic amines) is 1. The van der Waals surface area contributed by atoms with Gasteiger partial charge in [0, 0.05) is 17.1 Å². The van der Waals surface area contributed by atoms with E-state index in [1.807, 2.05) is 6.07 Å². The average Bonchev–Trinajstić information content (AvgIpc) is 3.25. The predicted molar refractivity (Wildman–Crippen MR) is 117 cm³/mol. The minimum absolute atomic E-state index is 0.152. The lowest BCUT2D eigenvalue weighted by atomic mass is 10.0. The molecule has 156 valence electrons. The van der Waals surface area contributed by atoms with Crippen LogP contribution < -0.4 is 5.32 Å². The van der Waals surface area contributed by atoms with E-state index in [0.717, 1.165) is 31.6 Å². The number of carbonyl (C=O) groups is 2. The van der Waals surface area contributed by atoms with Crippen LogP contribution in [-0.4, -0.2) is 54.7 Å². The molecule has 1 atom stereocenters. The molecule has 7 heteroatoms. The maximum absolute atomic E-state index is 12.4. The van der Waals surface area contributed by atoms with Crippen LogP contribution in [0.1, 0.15) is 24.8 Å². The Morgan fingerprint density at radius 1 is 1.33 bits per heavy atom. The number of hydrogen-bond donors (Lipinski definition) is 1. The normalized spacial score (nSPS) is 22.4. The van der Waals surface area contributed by atoms with Crippen molar-refractivity contribution in [1.82, 2.24) is 10.2 Å². The van der Waals surface area contributed by atoms with E-state index < -0.39 is 12.0 Å². The first kappa shape index (κ1) is 20.6. The van der Waals surface area contributed by atoms with Crippen molar-refractivity contribution in [3.8, 4) is 0 Å². The lowest BCUT2D eigenvalue weighted by molar-refractivity contribution is -0.119. The molecule has 1 unspecified atom stereocenters. The Kier molecular flexibility index (Phi) is 6.45. The molecule has 0 spiro atoms. The zero-order valence-electron chi connectivity index (χ0n) is 16.6. The molecule has 30 heavy (non-hydrogen) atoms. The third-order valence-corrected chi connectivity index (χ3v) is 5.52. The van der Waals surface area contributed by atoms with Gasteiger partial charge in [-0.15, -0.1) is 0 Å². The second-order valence-corrected chi connectivity index (χ2v) is 8.00. The van der Waals surface area contributed by atoms with Crippen LogP contribution in [0.5, 0.6) is 0 Å². The molecule has 6 nitrogen and oxygen atoms in total. The van der Waals surface area contributed by atoms with Gasteiger partial charge in [0.15, 0.2) is 11.9 Å². The molecule has 0 radical (unpaired) electrons. The molecule has 2 heterocycles. The highest BCUT2D eigenvalue weighted by molar-refractivity contribution is 6.30. The molecule has 1 saturated heterocycles. The summed E-state index contributed by atoms with van der Waals surface area (Å²) in [7, 11) is 0. The topological polar surface area (TPSA) is 71.0 Å². The van der Waals surface area contributed by atoms with Gasteiger partial charge >= 0.3 is 5.91 Å². The van der Waals surface area contributed by atoms with Crippen molar-refractivity contribution in [1.29, 1.82) is 0 Å². The third-order valence-electron chi connectivity index (χ3n) is 5.28. The Bertz CT molecular complexity index is 958. The molecule has 4 rings (SSSR count). The number of carbonyl (C=O) groups excluding carboxylic acids is 2. The standard InChI is InChI=1S/C23H24ClN3O3/c24-18-6-3-5-16(13-18)14-21-23(29)26-19-15-17(7-8-20(19)30-21)22(28)25-9-4-12-27-10-1-2-11-27/h3,5-8,13-15,20H,1-2,4,9-12H2,(H,25,28)/b21-14+. The van der Waals surface area contributed by atoms with Crippen molar-refractivity contribution in [3.63, 3.8) is 0 Å². The molecule has 0 bridgehead atoms. The Balaban J connectivity index is 1.36. The fraction of sp³-hybridized carbons (Fsp3) is 0.348. The molecule has 2 amide bonds. The molecule has 1 fully saturated rings. The van der Waals surface area contributed by atoms with E-state index in [4.69, 9.17) is 16.3 Å². The monoisotopic (exact) mass is 425 g/mol. The minimum Gasteiger partial charge on any atom is -0.474 e. The molecule has 0 saturated carbocycles. The van der Waals surface area contributed by atoms with Gasteiger partial charge in [-0.25, -0.2) is 4.99 Å². The van der Waals surface area contributed by atoms with Gasteiger partial charge in [0.2, 0.25) is 0 Å². The van der Waals surface area contributed by atoms with Crippen LogP contribution in [0.2, 0.25) is 5.02 Å². The van der Waals surface area contributed by atoms with E-state index in [1.165, 1.54) is 12.8 Å². The summed E-state index contributed by atoms with van der Waals surface area (Å²) >= 11 is 5.99. The summed E-state index contributed by atoms with van der Waals surface area (Å²) in [6, 6.07) is 7.14. The Morgan fingerprint density at radius 3 is 2.97 bits per heavy atom. The van der Waals surface area contributed by atoms with Crippen LogP contribution in [-0.2, 0) is 14.3 Å². The molecule has 1 N–H and O–H groups in total. The van der Waals surface area contributed by atoms with Gasteiger partial charge in [-0.2, -0.15) is 0 Å². The Hall–Kier alpha value is -2.70. The molecular formula is C23H24ClN3O3. The highest BCUT2D eigenvalue weighted by Crippen LogP contribution is 2.23. The highest BCUT2D eigenvalue weighted by atomic mass is 35.5. The number of nitrogens with one attached hydrogen (secondary N) is 1. The first-order valence-electron chi connectivity index (χ1n) is 10.3. The van der Waals surface area contributed by atoms with Gasteiger partial charge in [-0.05, 0) is 80.9 Å². The van der Waals surface area contributed by atoms with Crippen molar-refractivity contribution in [2.75, 3.05) is 26.2 Å². The van der Waals surface area contributed by atoms with Crippen molar-refractivity contribution in [2.45, 2.75) is 25.4 Å². The number of halogens is 1. The maximum Gasteiger partial charge on any atom is 0.312 e. The number of rotatable bonds is 6. The quantitative estimate of drug-likeness (QED) is 0.561. The fourth-order valence-corrected chi connectivity index (χ4v) is 3.93. The molecule has 0 aromatic heterocycles. The van der Waals surface area contributed by atoms with Crippen LogP contribution in [0.4, 0.5) is 0 Å². The average molecular weight is 426 g/mol. The second kappa shape index (κ2) is 9.41. The summed E-state index contributed by atoms with van der Waals surface area (Å²) in [6.07, 6.45) is 9.67. The number of nitrogens with zero attached hydrogens (tertiary/aromatic N) is 2. The summed E-state index contributed by atoms with van der Waals surface area (Å²) in [5, 5.41) is 3.52. The summed E-state index contributed by atoms with van der Waals surface area (Å²) in [6.45, 7) is 3.95. The smallest absolute Gasteiger partial charge is 0.312 e. The molecule has 1 aliphatic carbocycles. The summed E-state index contributed by atoms with van der Waals surface area (Å²) in [4.78, 5) is 31.4. The van der Waals surface area contributed by atoms with Crippen molar-refractivity contribution in [3.05, 3.63) is 64.4 Å². The Labute approximate surface area is 180 Å². The maximum atomic E-state index is 12.4. The highest BCUT2D eigenvalue weighted by Gasteiger charge is 2.29. The summed E-state index contributed by atoms with van der Waals surface area (Å²) < 4.78 is 5.80. The van der Waals surface area contributed by atoms with Gasteiger partial charge in [0.25, 0.3) is 5.91 Å². The zero-order chi connectivity index (χ0) is 20.9. The van der Waals surface area contributed by atoms with Crippen molar-refractivity contribution in [2.24, 2.45) is 4.99 Å². The zero-order valence-corrected chi connectivity index (χ0v) is 17.4. The van der Waals surface area contributed by atoms with Crippen LogP contribution in [0.25, 0.3) is 6.08 Å². The lowest BCUT2D eigenvalue weighted by Gasteiger charge is -2.24. The van der Waals surface area contributed by atoms with E-state index in [9.17, 15) is 9.59 Å². The van der Waals surface area contributed by atoms with Crippen LogP contribution >= 0.6 is 11.6 Å². The van der Waals surface area contributed by atoms with Crippen molar-refractivity contribution >= 4 is 35.2 Å². The molecule has 2 aliphatic heterocycles. The number of amides is 2. The summed E-state index contributed by atoms with van der Waals surface area (Å²) in [5.74, 6) is -0.487. The molecule has 1 aromatic carbocycles. The minimum atomic E-state index is -0.486. The van der Waals surface area contributed by atoms with Crippen LogP contribution in [0.15, 0.2) is 58.8 Å². The largest absolute Gasteiger partial charge is 0.474 e. The van der Waals surface area contributed by atoms with Gasteiger partial charge in [0.05, 0.1) is 5.71 Å². The first-order chi connectivity index (χ1) is 14.6. The molecule has 3 aliphatic rings. The third kappa shape index (κ3) is 5.07. The number of ether oxygens (including phenoxy) is 1. The molecular weight excluding hydrogens is 402 g/mol. The van der Waals surface area contributed by atoms with Gasteiger partial charge < -0.3 is 15.0 Å². The van der Waals surface area contributed by atoms with E-state index in [2.05, 4.69) is 15.2 Å². The van der Waals surface area contributed by atoms with Crippen LogP contribution in [0.3, 0.4) is 0 Å². The second-order valence-electron chi connectivity index (χ2n) is 7.56. The van der Waals surface area contributed by atoms with Gasteiger partial charge in [0.1, 0.15) is 0 Å². The Morgan fingerprint density at radius 2 is 2.17 bits per heavy atom. The number of aliphatic imine (C=N–C) groups is 1. The van der Waals surface area contributed by atoms with Crippen molar-refractivity contribution < 1.29 is 14.3 Å². The van der Waals surface area contributed by atoms with E-state index in [-0.39, 0.29) is 11.7 Å². The number of benzene rings is 1. The lowest BCUT2D eigenvalue weighted by Crippen LogP contribution is -2.34. The van der Waals surface area contributed by atoms with E-state index >= 15 is 0 Å².